The molecule has 0 spiro atoms. The minimum absolute atomic E-state index is 0.0360. The molecule has 1 unspecified atom stereocenters. The zero-order valence-corrected chi connectivity index (χ0v) is 23.2. The molecule has 0 radical (unpaired) electrons. The lowest BCUT2D eigenvalue weighted by molar-refractivity contribution is -0.140. The van der Waals surface area contributed by atoms with Crippen LogP contribution in [0.4, 0.5) is 5.69 Å². The summed E-state index contributed by atoms with van der Waals surface area (Å²) in [7, 11) is -3.90. The number of nitrogens with one attached hydrogen (secondary N) is 1. The first-order valence-electron chi connectivity index (χ1n) is 12.1. The predicted octanol–water partition coefficient (Wildman–Crippen LogP) is 4.93. The Morgan fingerprint density at radius 3 is 2.36 bits per heavy atom. The molecule has 1 saturated carbocycles. The number of halogens is 2. The van der Waals surface area contributed by atoms with Crippen molar-refractivity contribution in [3.8, 4) is 0 Å². The summed E-state index contributed by atoms with van der Waals surface area (Å²) in [6.07, 6.45) is 5.36. The number of benzene rings is 2. The Kier molecular flexibility index (Phi) is 9.66. The van der Waals surface area contributed by atoms with Crippen LogP contribution in [0.5, 0.6) is 0 Å². The van der Waals surface area contributed by atoms with Gasteiger partial charge in [-0.05, 0) is 49.4 Å². The lowest BCUT2D eigenvalue weighted by Gasteiger charge is -2.34. The molecule has 1 aliphatic rings. The quantitative estimate of drug-likeness (QED) is 0.451. The van der Waals surface area contributed by atoms with Crippen molar-refractivity contribution in [2.75, 3.05) is 17.1 Å². The summed E-state index contributed by atoms with van der Waals surface area (Å²) in [5.74, 6) is -0.730. The van der Waals surface area contributed by atoms with Crippen LogP contribution in [0.25, 0.3) is 0 Å². The van der Waals surface area contributed by atoms with Crippen molar-refractivity contribution in [2.24, 2.45) is 0 Å². The highest BCUT2D eigenvalue weighted by Gasteiger charge is 2.33. The van der Waals surface area contributed by atoms with Crippen LogP contribution in [0.15, 0.2) is 42.5 Å². The van der Waals surface area contributed by atoms with E-state index in [4.69, 9.17) is 23.2 Å². The third-order valence-corrected chi connectivity index (χ3v) is 8.50. The van der Waals surface area contributed by atoms with E-state index < -0.39 is 28.5 Å². The minimum Gasteiger partial charge on any atom is -0.352 e. The highest BCUT2D eigenvalue weighted by Crippen LogP contribution is 2.34. The molecule has 36 heavy (non-hydrogen) atoms. The van der Waals surface area contributed by atoms with Crippen molar-refractivity contribution in [3.05, 3.63) is 63.6 Å². The lowest BCUT2D eigenvalue weighted by Crippen LogP contribution is -2.53. The summed E-state index contributed by atoms with van der Waals surface area (Å²) >= 11 is 12.4. The molecule has 3 rings (SSSR count). The summed E-state index contributed by atoms with van der Waals surface area (Å²) in [5, 5.41) is 3.31. The largest absolute Gasteiger partial charge is 0.352 e. The number of carbonyl (C=O) groups excluding carboxylic acids is 2. The highest BCUT2D eigenvalue weighted by atomic mass is 35.5. The molecule has 2 amide bonds. The molecule has 1 atom stereocenters. The normalized spacial score (nSPS) is 14.9. The van der Waals surface area contributed by atoms with Gasteiger partial charge in [0, 0.05) is 12.6 Å². The fourth-order valence-electron chi connectivity index (χ4n) is 4.54. The molecule has 10 heteroatoms. The van der Waals surface area contributed by atoms with E-state index in [2.05, 4.69) is 5.32 Å². The van der Waals surface area contributed by atoms with Crippen molar-refractivity contribution >= 4 is 50.7 Å². The third kappa shape index (κ3) is 6.93. The average Bonchev–Trinajstić information content (AvgIpc) is 3.33. The van der Waals surface area contributed by atoms with Gasteiger partial charge in [-0.1, -0.05) is 73.3 Å². The third-order valence-electron chi connectivity index (χ3n) is 6.57. The second kappa shape index (κ2) is 12.3. The van der Waals surface area contributed by atoms with Crippen LogP contribution < -0.4 is 9.62 Å². The first-order valence-corrected chi connectivity index (χ1v) is 14.7. The molecular weight excluding hydrogens is 521 g/mol. The van der Waals surface area contributed by atoms with Crippen LogP contribution >= 0.6 is 23.2 Å². The van der Waals surface area contributed by atoms with Crippen molar-refractivity contribution in [1.29, 1.82) is 0 Å². The van der Waals surface area contributed by atoms with Crippen molar-refractivity contribution < 1.29 is 18.0 Å². The van der Waals surface area contributed by atoms with Crippen molar-refractivity contribution in [3.63, 3.8) is 0 Å². The molecule has 2 aromatic carbocycles. The highest BCUT2D eigenvalue weighted by molar-refractivity contribution is 7.92. The molecule has 0 aromatic heterocycles. The number of aryl methyl sites for hydroxylation is 1. The lowest BCUT2D eigenvalue weighted by atomic mass is 10.1. The van der Waals surface area contributed by atoms with Crippen molar-refractivity contribution in [1.82, 2.24) is 10.2 Å². The van der Waals surface area contributed by atoms with E-state index in [0.29, 0.717) is 6.42 Å². The number of anilines is 1. The van der Waals surface area contributed by atoms with Gasteiger partial charge in [0.1, 0.15) is 12.6 Å². The zero-order valence-electron chi connectivity index (χ0n) is 20.8. The maximum absolute atomic E-state index is 13.8. The average molecular weight is 555 g/mol. The minimum atomic E-state index is -3.90. The molecular formula is C26H33Cl2N3O4S. The summed E-state index contributed by atoms with van der Waals surface area (Å²) in [6, 6.07) is 11.6. The van der Waals surface area contributed by atoms with E-state index in [0.717, 1.165) is 47.4 Å². The summed E-state index contributed by atoms with van der Waals surface area (Å²) in [6.45, 7) is 3.44. The zero-order chi connectivity index (χ0) is 26.5. The van der Waals surface area contributed by atoms with E-state index in [1.807, 2.05) is 38.1 Å². The topological polar surface area (TPSA) is 86.8 Å². The van der Waals surface area contributed by atoms with Crippen LogP contribution in [0, 0.1) is 6.92 Å². The first kappa shape index (κ1) is 28.3. The molecule has 0 bridgehead atoms. The van der Waals surface area contributed by atoms with E-state index in [1.54, 1.807) is 12.1 Å². The molecule has 1 fully saturated rings. The fourth-order valence-corrected chi connectivity index (χ4v) is 5.84. The van der Waals surface area contributed by atoms with Gasteiger partial charge in [0.25, 0.3) is 0 Å². The molecule has 0 heterocycles. The number of hydrogen-bond acceptors (Lipinski definition) is 4. The molecule has 2 aromatic rings. The Morgan fingerprint density at radius 1 is 1.08 bits per heavy atom. The summed E-state index contributed by atoms with van der Waals surface area (Å²) in [5.41, 5.74) is 1.96. The number of carbonyl (C=O) groups is 2. The maximum Gasteiger partial charge on any atom is 0.244 e. The van der Waals surface area contributed by atoms with E-state index in [1.165, 1.54) is 11.0 Å². The van der Waals surface area contributed by atoms with Crippen LogP contribution in [-0.2, 0) is 26.2 Å². The van der Waals surface area contributed by atoms with Gasteiger partial charge in [0.15, 0.2) is 0 Å². The van der Waals surface area contributed by atoms with Gasteiger partial charge in [-0.25, -0.2) is 8.42 Å². The second-order valence-electron chi connectivity index (χ2n) is 9.20. The van der Waals surface area contributed by atoms with E-state index in [9.17, 15) is 18.0 Å². The predicted molar refractivity (Wildman–Crippen MR) is 145 cm³/mol. The Labute approximate surface area is 223 Å². The SMILES string of the molecule is CCC(C(=O)NC1CCCC1)N(Cc1ccccc1C)C(=O)CN(c1cccc(Cl)c1Cl)S(C)(=O)=O. The van der Waals surface area contributed by atoms with Gasteiger partial charge in [0.2, 0.25) is 21.8 Å². The fraction of sp³-hybridized carbons (Fsp3) is 0.462. The standard InChI is InChI=1S/C26H33Cl2N3O4S/c1-4-22(26(33)29-20-12-7-8-13-20)30(16-19-11-6-5-10-18(19)2)24(32)17-31(36(3,34)35)23-15-9-14-21(27)25(23)28/h5-6,9-11,14-15,20,22H,4,7-8,12-13,16-17H2,1-3H3,(H,29,33). The molecule has 196 valence electrons. The Morgan fingerprint density at radius 2 is 1.75 bits per heavy atom. The van der Waals surface area contributed by atoms with E-state index in [-0.39, 0.29) is 34.2 Å². The Bertz CT molecular complexity index is 1200. The van der Waals surface area contributed by atoms with Gasteiger partial charge < -0.3 is 10.2 Å². The van der Waals surface area contributed by atoms with Crippen LogP contribution in [0.2, 0.25) is 10.0 Å². The van der Waals surface area contributed by atoms with E-state index >= 15 is 0 Å². The van der Waals surface area contributed by atoms with Gasteiger partial charge in [-0.2, -0.15) is 0 Å². The molecule has 1 N–H and O–H groups in total. The number of nitrogens with zero attached hydrogens (tertiary/aromatic N) is 2. The van der Waals surface area contributed by atoms with Crippen LogP contribution in [0.3, 0.4) is 0 Å². The van der Waals surface area contributed by atoms with Gasteiger partial charge in [-0.15, -0.1) is 0 Å². The number of amides is 2. The van der Waals surface area contributed by atoms with Gasteiger partial charge in [0.05, 0.1) is 22.0 Å². The Balaban J connectivity index is 1.96. The smallest absolute Gasteiger partial charge is 0.244 e. The van der Waals surface area contributed by atoms with Crippen LogP contribution in [-0.4, -0.2) is 50.0 Å². The number of rotatable bonds is 10. The van der Waals surface area contributed by atoms with Crippen molar-refractivity contribution in [2.45, 2.75) is 64.6 Å². The number of hydrogen-bond donors (Lipinski definition) is 1. The second-order valence-corrected chi connectivity index (χ2v) is 11.9. The van der Waals surface area contributed by atoms with Gasteiger partial charge in [-0.3, -0.25) is 13.9 Å². The monoisotopic (exact) mass is 553 g/mol. The molecule has 1 aliphatic carbocycles. The first-order chi connectivity index (χ1) is 17.0. The van der Waals surface area contributed by atoms with Crippen LogP contribution in [0.1, 0.15) is 50.2 Å². The summed E-state index contributed by atoms with van der Waals surface area (Å²) < 4.78 is 26.4. The number of sulfonamides is 1. The maximum atomic E-state index is 13.8. The molecule has 0 saturated heterocycles. The molecule has 0 aliphatic heterocycles. The molecule has 7 nitrogen and oxygen atoms in total. The Hall–Kier alpha value is -2.29. The summed E-state index contributed by atoms with van der Waals surface area (Å²) in [4.78, 5) is 28.6. The van der Waals surface area contributed by atoms with Gasteiger partial charge >= 0.3 is 0 Å².